The molecular formula is C38H52Cl3NO8S. The fourth-order valence-corrected chi connectivity index (χ4v) is 9.26. The summed E-state index contributed by atoms with van der Waals surface area (Å²) in [6.45, 7) is 2.91. The number of hydrogen-bond acceptors (Lipinski definition) is 9. The lowest BCUT2D eigenvalue weighted by atomic mass is 9.85. The first-order valence-electron chi connectivity index (χ1n) is 18.5. The molecule has 3 fully saturated rings. The Hall–Kier alpha value is -1.47. The number of rotatable bonds is 19. The Morgan fingerprint density at radius 3 is 2.16 bits per heavy atom. The number of carbonyl (C=O) groups is 2. The first-order chi connectivity index (χ1) is 24.7. The van der Waals surface area contributed by atoms with Gasteiger partial charge < -0.3 is 33.7 Å². The molecule has 1 N–H and O–H groups in total. The fraction of sp³-hybridized carbons (Fsp3) is 0.684. The monoisotopic (exact) mass is 787 g/mol. The van der Waals surface area contributed by atoms with Crippen molar-refractivity contribution in [3.63, 3.8) is 0 Å². The predicted octanol–water partition coefficient (Wildman–Crippen LogP) is 8.08. The smallest absolute Gasteiger partial charge is 0.348 e. The molecule has 1 amide bonds. The van der Waals surface area contributed by atoms with E-state index >= 15 is 0 Å². The third kappa shape index (κ3) is 13.4. The predicted molar refractivity (Wildman–Crippen MR) is 200 cm³/mol. The van der Waals surface area contributed by atoms with Gasteiger partial charge in [0.25, 0.3) is 0 Å². The molecule has 0 bridgehead atoms. The molecule has 1 aromatic carbocycles. The number of alkyl halides is 1. The van der Waals surface area contributed by atoms with Gasteiger partial charge in [0, 0.05) is 46.6 Å². The van der Waals surface area contributed by atoms with Crippen LogP contribution >= 0.6 is 46.1 Å². The molecular weight excluding hydrogens is 737 g/mol. The van der Waals surface area contributed by atoms with Gasteiger partial charge in [-0.15, -0.1) is 22.9 Å². The van der Waals surface area contributed by atoms with Crippen molar-refractivity contribution in [3.8, 4) is 0 Å². The summed E-state index contributed by atoms with van der Waals surface area (Å²) in [4.78, 5) is 29.4. The molecule has 0 radical (unpaired) electrons. The second kappa shape index (κ2) is 21.4. The molecule has 6 atom stereocenters. The average Bonchev–Trinajstić information content (AvgIpc) is 3.70. The Morgan fingerprint density at radius 1 is 0.863 bits per heavy atom. The highest BCUT2D eigenvalue weighted by molar-refractivity contribution is 7.13. The zero-order chi connectivity index (χ0) is 36.0. The second-order valence-corrected chi connectivity index (χ2v) is 16.3. The number of hydrogen-bond donors (Lipinski definition) is 1. The molecule has 2 saturated heterocycles. The minimum atomic E-state index is -0.429. The van der Waals surface area contributed by atoms with Crippen molar-refractivity contribution in [2.45, 2.75) is 108 Å². The van der Waals surface area contributed by atoms with E-state index in [0.29, 0.717) is 60.9 Å². The van der Waals surface area contributed by atoms with Crippen LogP contribution in [0.3, 0.4) is 0 Å². The Balaban J connectivity index is 1.03. The van der Waals surface area contributed by atoms with E-state index in [-0.39, 0.29) is 48.7 Å². The molecule has 3 aliphatic rings. The summed E-state index contributed by atoms with van der Waals surface area (Å²) in [5.74, 6) is -0.242. The summed E-state index contributed by atoms with van der Waals surface area (Å²) < 4.78 is 28.6. The molecule has 9 nitrogen and oxygen atoms in total. The quantitative estimate of drug-likeness (QED) is 0.113. The first-order valence-corrected chi connectivity index (χ1v) is 20.5. The van der Waals surface area contributed by atoms with E-state index in [0.717, 1.165) is 81.1 Å². The number of aliphatic hydroxyl groups excluding tert-OH is 1. The van der Waals surface area contributed by atoms with Gasteiger partial charge in [-0.1, -0.05) is 23.2 Å². The van der Waals surface area contributed by atoms with Crippen LogP contribution in [-0.4, -0.2) is 92.1 Å². The highest BCUT2D eigenvalue weighted by Crippen LogP contribution is 2.42. The van der Waals surface area contributed by atoms with Crippen molar-refractivity contribution in [1.82, 2.24) is 4.90 Å². The standard InChI is InChI=1S/C38H52Cl3NO8S/c39-27-22-26(23-28(40)24-27)10-12-31-30(32(41)25-33(31)43)7-5-6-29-11-13-34(51-29)38(45)50-19-14-35(44)42(15-20-48-36-8-1-3-17-46-36)16-21-49-37-9-2-4-18-47-37/h11,13,22-24,30-33,36-37,43H,1-10,12,14-21,25H2. The third-order valence-electron chi connectivity index (χ3n) is 10.00. The summed E-state index contributed by atoms with van der Waals surface area (Å²) in [5, 5.41) is 11.9. The number of ether oxygens (including phenoxy) is 5. The minimum Gasteiger partial charge on any atom is -0.461 e. The Bertz CT molecular complexity index is 1320. The van der Waals surface area contributed by atoms with Gasteiger partial charge in [0.1, 0.15) is 11.5 Å². The van der Waals surface area contributed by atoms with Crippen LogP contribution in [0.25, 0.3) is 0 Å². The molecule has 13 heteroatoms. The van der Waals surface area contributed by atoms with E-state index in [2.05, 4.69) is 0 Å². The summed E-state index contributed by atoms with van der Waals surface area (Å²) in [7, 11) is 0. The Morgan fingerprint density at radius 2 is 1.53 bits per heavy atom. The molecule has 0 spiro atoms. The lowest BCUT2D eigenvalue weighted by Crippen LogP contribution is -2.39. The molecule has 5 rings (SSSR count). The number of carbonyl (C=O) groups excluding carboxylic acids is 2. The Kier molecular flexibility index (Phi) is 17.1. The van der Waals surface area contributed by atoms with Crippen LogP contribution in [0.1, 0.15) is 90.7 Å². The van der Waals surface area contributed by atoms with Crippen LogP contribution in [0.15, 0.2) is 30.3 Å². The van der Waals surface area contributed by atoms with Crippen molar-refractivity contribution in [2.75, 3.05) is 46.1 Å². The van der Waals surface area contributed by atoms with E-state index in [9.17, 15) is 14.7 Å². The van der Waals surface area contributed by atoms with Gasteiger partial charge in [0.15, 0.2) is 12.6 Å². The van der Waals surface area contributed by atoms with Gasteiger partial charge in [-0.3, -0.25) is 4.79 Å². The van der Waals surface area contributed by atoms with Crippen LogP contribution in [0.5, 0.6) is 0 Å². The highest BCUT2D eigenvalue weighted by Gasteiger charge is 2.40. The number of aryl methyl sites for hydroxylation is 2. The van der Waals surface area contributed by atoms with E-state index < -0.39 is 12.1 Å². The normalized spacial score (nSPS) is 25.2. The SMILES string of the molecule is O=C(OCCC(=O)N(CCOC1CCCCO1)CCOC1CCCCO1)c1ccc(CCCC2C(Cl)CC(O)C2CCc2cc(Cl)cc(Cl)c2)s1. The van der Waals surface area contributed by atoms with E-state index in [1.807, 2.05) is 18.2 Å². The summed E-state index contributed by atoms with van der Waals surface area (Å²) in [6, 6.07) is 9.31. The number of benzene rings is 1. The minimum absolute atomic E-state index is 0.00944. The van der Waals surface area contributed by atoms with Gasteiger partial charge in [0.05, 0.1) is 25.7 Å². The van der Waals surface area contributed by atoms with Crippen LogP contribution in [0, 0.1) is 11.8 Å². The fourth-order valence-electron chi connectivity index (χ4n) is 7.25. The largest absolute Gasteiger partial charge is 0.461 e. The van der Waals surface area contributed by atoms with Crippen LogP contribution in [-0.2, 0) is 41.3 Å². The summed E-state index contributed by atoms with van der Waals surface area (Å²) in [6.07, 6.45) is 9.91. The van der Waals surface area contributed by atoms with Crippen LogP contribution < -0.4 is 0 Å². The number of nitrogens with zero attached hydrogens (tertiary/aromatic N) is 1. The summed E-state index contributed by atoms with van der Waals surface area (Å²) >= 11 is 20.5. The van der Waals surface area contributed by atoms with Gasteiger partial charge in [-0.2, -0.15) is 0 Å². The topological polar surface area (TPSA) is 104 Å². The molecule has 2 aromatic rings. The van der Waals surface area contributed by atoms with Gasteiger partial charge in [0.2, 0.25) is 5.91 Å². The lowest BCUT2D eigenvalue weighted by Gasteiger charge is -2.27. The van der Waals surface area contributed by atoms with Crippen molar-refractivity contribution in [3.05, 3.63) is 55.7 Å². The molecule has 6 unspecified atom stereocenters. The highest BCUT2D eigenvalue weighted by atomic mass is 35.5. The van der Waals surface area contributed by atoms with Crippen molar-refractivity contribution >= 4 is 58.0 Å². The summed E-state index contributed by atoms with van der Waals surface area (Å²) in [5.41, 5.74) is 1.06. The van der Waals surface area contributed by atoms with Crippen molar-refractivity contribution < 1.29 is 38.4 Å². The van der Waals surface area contributed by atoms with Crippen molar-refractivity contribution in [1.29, 1.82) is 0 Å². The molecule has 2 aliphatic heterocycles. The van der Waals surface area contributed by atoms with Gasteiger partial charge in [-0.05, 0) is 125 Å². The Labute approximate surface area is 321 Å². The zero-order valence-corrected chi connectivity index (χ0v) is 32.4. The van der Waals surface area contributed by atoms with Gasteiger partial charge in [-0.25, -0.2) is 4.79 Å². The van der Waals surface area contributed by atoms with E-state index in [1.54, 1.807) is 17.0 Å². The number of thiophene rings is 1. The number of aliphatic hydroxyl groups is 1. The maximum absolute atomic E-state index is 13.2. The van der Waals surface area contributed by atoms with Crippen LogP contribution in [0.4, 0.5) is 0 Å². The second-order valence-electron chi connectivity index (χ2n) is 13.7. The van der Waals surface area contributed by atoms with E-state index in [1.165, 1.54) is 11.3 Å². The molecule has 1 aliphatic carbocycles. The molecule has 1 aromatic heterocycles. The molecule has 3 heterocycles. The number of halogens is 3. The first kappa shape index (κ1) is 40.7. The molecule has 1 saturated carbocycles. The lowest BCUT2D eigenvalue weighted by molar-refractivity contribution is -0.173. The molecule has 284 valence electrons. The number of amides is 1. The maximum Gasteiger partial charge on any atom is 0.348 e. The van der Waals surface area contributed by atoms with E-state index in [4.69, 9.17) is 58.5 Å². The van der Waals surface area contributed by atoms with Crippen LogP contribution in [0.2, 0.25) is 10.0 Å². The third-order valence-corrected chi connectivity index (χ3v) is 12.1. The van der Waals surface area contributed by atoms with Crippen molar-refractivity contribution in [2.24, 2.45) is 11.8 Å². The number of esters is 1. The average molecular weight is 789 g/mol. The zero-order valence-electron chi connectivity index (χ0n) is 29.3. The maximum atomic E-state index is 13.2. The molecule has 51 heavy (non-hydrogen) atoms. The van der Waals surface area contributed by atoms with Gasteiger partial charge >= 0.3 is 5.97 Å².